The minimum absolute atomic E-state index is 0.310. The molecule has 2 aromatic carbocycles. The summed E-state index contributed by atoms with van der Waals surface area (Å²) in [7, 11) is -1.56. The molecule has 0 fully saturated rings. The lowest BCUT2D eigenvalue weighted by Crippen LogP contribution is -2.42. The summed E-state index contributed by atoms with van der Waals surface area (Å²) in [4.78, 5) is 2.38. The summed E-state index contributed by atoms with van der Waals surface area (Å²) in [6.07, 6.45) is 0. The molecule has 4 nitrogen and oxygen atoms in total. The predicted octanol–water partition coefficient (Wildman–Crippen LogP) is 3.09. The van der Waals surface area contributed by atoms with Gasteiger partial charge < -0.3 is 4.90 Å². The molecule has 21 heavy (non-hydrogen) atoms. The van der Waals surface area contributed by atoms with Crippen molar-refractivity contribution < 1.29 is 8.42 Å². The Kier molecular flexibility index (Phi) is 3.67. The third-order valence-corrected chi connectivity index (χ3v) is 5.96. The Morgan fingerprint density at radius 3 is 2.24 bits per heavy atom. The van der Waals surface area contributed by atoms with E-state index in [-0.39, 0.29) is 0 Å². The molecule has 1 aliphatic rings. The topological polar surface area (TPSA) is 40.6 Å². The number of nitrogens with zero attached hydrogens (tertiary/aromatic N) is 2. The minimum Gasteiger partial charge on any atom is -0.371 e. The van der Waals surface area contributed by atoms with Gasteiger partial charge in [0, 0.05) is 18.1 Å². The van der Waals surface area contributed by atoms with Crippen LogP contribution in [0.15, 0.2) is 57.9 Å². The van der Waals surface area contributed by atoms with Gasteiger partial charge in [0.25, 0.3) is 10.0 Å². The second-order valence-corrected chi connectivity index (χ2v) is 7.72. The van der Waals surface area contributed by atoms with Crippen LogP contribution in [0.1, 0.15) is 0 Å². The molecule has 3 rings (SSSR count). The van der Waals surface area contributed by atoms with E-state index in [1.165, 1.54) is 4.31 Å². The molecule has 110 valence electrons. The first-order valence-corrected chi connectivity index (χ1v) is 8.82. The lowest BCUT2D eigenvalue weighted by atomic mass is 10.2. The molecule has 0 spiro atoms. The monoisotopic (exact) mass is 366 g/mol. The van der Waals surface area contributed by atoms with E-state index in [1.54, 1.807) is 24.3 Å². The number of sulfonamides is 1. The molecule has 0 aliphatic carbocycles. The van der Waals surface area contributed by atoms with Crippen molar-refractivity contribution in [2.24, 2.45) is 0 Å². The van der Waals surface area contributed by atoms with Crippen LogP contribution in [0.4, 0.5) is 11.4 Å². The van der Waals surface area contributed by atoms with E-state index in [2.05, 4.69) is 20.8 Å². The van der Waals surface area contributed by atoms with Crippen LogP contribution in [0.3, 0.4) is 0 Å². The maximum Gasteiger partial charge on any atom is 0.264 e. The molecule has 0 bridgehead atoms. The van der Waals surface area contributed by atoms with Crippen molar-refractivity contribution in [1.82, 2.24) is 0 Å². The summed E-state index contributed by atoms with van der Waals surface area (Å²) in [5, 5.41) is 0. The van der Waals surface area contributed by atoms with Crippen LogP contribution in [0.25, 0.3) is 0 Å². The van der Waals surface area contributed by atoms with Crippen molar-refractivity contribution in [1.29, 1.82) is 0 Å². The van der Waals surface area contributed by atoms with Gasteiger partial charge in [0.2, 0.25) is 0 Å². The highest BCUT2D eigenvalue weighted by Crippen LogP contribution is 2.35. The van der Waals surface area contributed by atoms with Crippen LogP contribution in [0.2, 0.25) is 0 Å². The van der Waals surface area contributed by atoms with E-state index in [0.717, 1.165) is 15.8 Å². The Morgan fingerprint density at radius 1 is 0.952 bits per heavy atom. The molecule has 0 saturated carbocycles. The molecule has 0 amide bonds. The maximum atomic E-state index is 12.9. The molecular weight excluding hydrogens is 352 g/mol. The third kappa shape index (κ3) is 2.53. The normalized spacial score (nSPS) is 15.0. The van der Waals surface area contributed by atoms with Gasteiger partial charge in [0.05, 0.1) is 22.8 Å². The quantitative estimate of drug-likeness (QED) is 0.819. The molecule has 2 aromatic rings. The van der Waals surface area contributed by atoms with Crippen molar-refractivity contribution in [2.45, 2.75) is 4.90 Å². The number of likely N-dealkylation sites (N-methyl/N-ethyl adjacent to an activating group) is 1. The van der Waals surface area contributed by atoms with Gasteiger partial charge in [0.15, 0.2) is 0 Å². The number of benzene rings is 2. The van der Waals surface area contributed by atoms with Crippen LogP contribution in [-0.2, 0) is 10.0 Å². The van der Waals surface area contributed by atoms with Gasteiger partial charge in [-0.15, -0.1) is 0 Å². The largest absolute Gasteiger partial charge is 0.371 e. The third-order valence-electron chi connectivity index (χ3n) is 3.60. The lowest BCUT2D eigenvalue weighted by molar-refractivity contribution is 0.589. The number of rotatable bonds is 2. The average Bonchev–Trinajstić information content (AvgIpc) is 2.48. The number of hydrogen-bond acceptors (Lipinski definition) is 3. The van der Waals surface area contributed by atoms with Gasteiger partial charge in [0.1, 0.15) is 0 Å². The Hall–Kier alpha value is -1.53. The summed E-state index contributed by atoms with van der Waals surface area (Å²) in [6, 6.07) is 14.3. The summed E-state index contributed by atoms with van der Waals surface area (Å²) >= 11 is 3.33. The van der Waals surface area contributed by atoms with Gasteiger partial charge in [-0.05, 0) is 36.4 Å². The molecule has 6 heteroatoms. The van der Waals surface area contributed by atoms with Crippen LogP contribution in [0, 0.1) is 0 Å². The number of anilines is 2. The van der Waals surface area contributed by atoms with Gasteiger partial charge in [-0.1, -0.05) is 28.1 Å². The van der Waals surface area contributed by atoms with Crippen molar-refractivity contribution in [3.63, 3.8) is 0 Å². The lowest BCUT2D eigenvalue weighted by Gasteiger charge is -2.36. The zero-order valence-corrected chi connectivity index (χ0v) is 13.9. The molecule has 0 aromatic heterocycles. The van der Waals surface area contributed by atoms with E-state index in [0.29, 0.717) is 18.0 Å². The van der Waals surface area contributed by atoms with E-state index >= 15 is 0 Å². The first-order valence-electron chi connectivity index (χ1n) is 6.58. The number of hydrogen-bond donors (Lipinski definition) is 0. The summed E-state index contributed by atoms with van der Waals surface area (Å²) in [5.41, 5.74) is 1.67. The second-order valence-electron chi connectivity index (χ2n) is 4.94. The highest BCUT2D eigenvalue weighted by molar-refractivity contribution is 9.10. The van der Waals surface area contributed by atoms with Crippen LogP contribution in [0.5, 0.6) is 0 Å². The molecule has 1 heterocycles. The van der Waals surface area contributed by atoms with Crippen molar-refractivity contribution >= 4 is 37.3 Å². The van der Waals surface area contributed by atoms with E-state index in [1.807, 2.05) is 31.3 Å². The number of fused-ring (bicyclic) bond motifs is 1. The van der Waals surface area contributed by atoms with Crippen molar-refractivity contribution in [3.05, 3.63) is 53.0 Å². The van der Waals surface area contributed by atoms with Gasteiger partial charge in [-0.25, -0.2) is 8.42 Å². The molecule has 0 N–H and O–H groups in total. The molecular formula is C15H15BrN2O2S. The Balaban J connectivity index is 2.08. The molecule has 0 unspecified atom stereocenters. The van der Waals surface area contributed by atoms with Crippen molar-refractivity contribution in [3.8, 4) is 0 Å². The van der Waals surface area contributed by atoms with Crippen molar-refractivity contribution in [2.75, 3.05) is 29.3 Å². The summed E-state index contributed by atoms with van der Waals surface area (Å²) in [6.45, 7) is 1.12. The smallest absolute Gasteiger partial charge is 0.264 e. The molecule has 0 atom stereocenters. The first kappa shape index (κ1) is 14.4. The fraction of sp³-hybridized carbons (Fsp3) is 0.200. The fourth-order valence-electron chi connectivity index (χ4n) is 2.46. The van der Waals surface area contributed by atoms with Gasteiger partial charge in [-0.3, -0.25) is 4.31 Å². The molecule has 0 radical (unpaired) electrons. The first-order chi connectivity index (χ1) is 10.00. The predicted molar refractivity (Wildman–Crippen MR) is 88.4 cm³/mol. The second kappa shape index (κ2) is 5.35. The Bertz CT molecular complexity index is 759. The van der Waals surface area contributed by atoms with E-state index in [4.69, 9.17) is 0 Å². The minimum atomic E-state index is -3.53. The zero-order chi connectivity index (χ0) is 15.0. The highest BCUT2D eigenvalue weighted by atomic mass is 79.9. The van der Waals surface area contributed by atoms with Gasteiger partial charge >= 0.3 is 0 Å². The summed E-state index contributed by atoms with van der Waals surface area (Å²) in [5.74, 6) is 0. The average molecular weight is 367 g/mol. The summed E-state index contributed by atoms with van der Waals surface area (Å²) < 4.78 is 28.1. The molecule has 0 saturated heterocycles. The maximum absolute atomic E-state index is 12.9. The molecule has 1 aliphatic heterocycles. The SMILES string of the molecule is CN1CCN(S(=O)(=O)c2ccc(Br)cc2)c2ccccc21. The van der Waals surface area contributed by atoms with E-state index in [9.17, 15) is 8.42 Å². The number of para-hydroxylation sites is 2. The zero-order valence-electron chi connectivity index (χ0n) is 11.5. The fourth-order valence-corrected chi connectivity index (χ4v) is 4.20. The standard InChI is InChI=1S/C15H15BrN2O2S/c1-17-10-11-18(15-5-3-2-4-14(15)17)21(19,20)13-8-6-12(16)7-9-13/h2-9H,10-11H2,1H3. The number of halogens is 1. The van der Waals surface area contributed by atoms with Crippen LogP contribution < -0.4 is 9.21 Å². The van der Waals surface area contributed by atoms with Crippen LogP contribution >= 0.6 is 15.9 Å². The van der Waals surface area contributed by atoms with Crippen LogP contribution in [-0.4, -0.2) is 28.6 Å². The van der Waals surface area contributed by atoms with E-state index < -0.39 is 10.0 Å². The Labute approximate surface area is 133 Å². The van der Waals surface area contributed by atoms with Gasteiger partial charge in [-0.2, -0.15) is 0 Å². The Morgan fingerprint density at radius 2 is 1.57 bits per heavy atom. The highest BCUT2D eigenvalue weighted by Gasteiger charge is 2.30.